The second-order valence-corrected chi connectivity index (χ2v) is 7.85. The predicted octanol–water partition coefficient (Wildman–Crippen LogP) is 5.32. The first-order valence-corrected chi connectivity index (χ1v) is 11.1. The van der Waals surface area contributed by atoms with E-state index in [1.54, 1.807) is 0 Å². The van der Waals surface area contributed by atoms with Gasteiger partial charge in [0.1, 0.15) is 11.6 Å². The highest BCUT2D eigenvalue weighted by molar-refractivity contribution is 6.31. The number of aryl methyl sites for hydroxylation is 3. The van der Waals surface area contributed by atoms with Gasteiger partial charge < -0.3 is 14.6 Å². The van der Waals surface area contributed by atoms with Crippen LogP contribution in [0.1, 0.15) is 44.0 Å². The molecule has 160 valence electrons. The van der Waals surface area contributed by atoms with Crippen molar-refractivity contribution in [1.29, 1.82) is 0 Å². The van der Waals surface area contributed by atoms with E-state index in [4.69, 9.17) is 21.3 Å². The van der Waals surface area contributed by atoms with Crippen molar-refractivity contribution in [3.63, 3.8) is 0 Å². The first-order chi connectivity index (χ1) is 14.6. The zero-order chi connectivity index (χ0) is 21.3. The number of amides is 1. The number of hydrogen-bond donors (Lipinski definition) is 1. The Balaban J connectivity index is 1.53. The van der Waals surface area contributed by atoms with Crippen LogP contribution in [0.25, 0.3) is 11.0 Å². The second kappa shape index (κ2) is 11.0. The first kappa shape index (κ1) is 22.2. The van der Waals surface area contributed by atoms with Crippen molar-refractivity contribution < 1.29 is 9.53 Å². The molecule has 0 unspecified atom stereocenters. The molecule has 0 saturated carbocycles. The zero-order valence-electron chi connectivity index (χ0n) is 17.8. The highest BCUT2D eigenvalue weighted by Crippen LogP contribution is 2.22. The van der Waals surface area contributed by atoms with Gasteiger partial charge >= 0.3 is 0 Å². The maximum atomic E-state index is 11.4. The summed E-state index contributed by atoms with van der Waals surface area (Å²) in [7, 11) is 0. The monoisotopic (exact) mass is 427 g/mol. The molecule has 5 nitrogen and oxygen atoms in total. The Morgan fingerprint density at radius 2 is 2.00 bits per heavy atom. The maximum absolute atomic E-state index is 11.4. The number of hydrogen-bond acceptors (Lipinski definition) is 3. The largest absolute Gasteiger partial charge is 0.494 e. The van der Waals surface area contributed by atoms with Crippen LogP contribution in [0.4, 0.5) is 0 Å². The lowest BCUT2D eigenvalue weighted by molar-refractivity contribution is -0.120. The number of imidazole rings is 1. The van der Waals surface area contributed by atoms with Crippen LogP contribution in [-0.4, -0.2) is 28.6 Å². The lowest BCUT2D eigenvalue weighted by Crippen LogP contribution is -2.23. The van der Waals surface area contributed by atoms with Gasteiger partial charge in [0.15, 0.2) is 0 Å². The summed E-state index contributed by atoms with van der Waals surface area (Å²) in [4.78, 5) is 16.2. The van der Waals surface area contributed by atoms with Crippen LogP contribution in [0.3, 0.4) is 0 Å². The molecule has 0 atom stereocenters. The van der Waals surface area contributed by atoms with Crippen molar-refractivity contribution in [2.45, 2.75) is 52.5 Å². The summed E-state index contributed by atoms with van der Waals surface area (Å²) in [6, 6.07) is 14.0. The molecule has 30 heavy (non-hydrogen) atoms. The number of nitrogens with zero attached hydrogens (tertiary/aromatic N) is 2. The molecule has 0 aliphatic heterocycles. The van der Waals surface area contributed by atoms with Gasteiger partial charge in [-0.15, -0.1) is 0 Å². The van der Waals surface area contributed by atoms with E-state index < -0.39 is 0 Å². The molecule has 0 bridgehead atoms. The van der Waals surface area contributed by atoms with Gasteiger partial charge in [0.2, 0.25) is 5.91 Å². The number of carbonyl (C=O) groups is 1. The fourth-order valence-corrected chi connectivity index (χ4v) is 3.55. The Labute approximate surface area is 183 Å². The van der Waals surface area contributed by atoms with Crippen molar-refractivity contribution in [1.82, 2.24) is 14.9 Å². The van der Waals surface area contributed by atoms with E-state index in [-0.39, 0.29) is 5.91 Å². The van der Waals surface area contributed by atoms with E-state index in [0.29, 0.717) is 19.6 Å². The van der Waals surface area contributed by atoms with Gasteiger partial charge in [0, 0.05) is 31.0 Å². The summed E-state index contributed by atoms with van der Waals surface area (Å²) in [5.41, 5.74) is 3.22. The van der Waals surface area contributed by atoms with E-state index in [2.05, 4.69) is 28.1 Å². The standard InChI is InChI=1S/C24H30ClN3O2/c1-3-24(29)26-14-8-11-23-27-21-9-4-5-10-22(21)28(23)15-6-7-16-30-19-12-13-20(25)18(2)17-19/h4-5,9-10,12-13,17H,3,6-8,11,14-16H2,1-2H3,(H,26,29). The summed E-state index contributed by atoms with van der Waals surface area (Å²) in [5.74, 6) is 2.04. The van der Waals surface area contributed by atoms with Gasteiger partial charge in [0.05, 0.1) is 17.6 Å². The van der Waals surface area contributed by atoms with Crippen molar-refractivity contribution in [3.05, 3.63) is 58.9 Å². The number of fused-ring (bicyclic) bond motifs is 1. The molecule has 6 heteroatoms. The summed E-state index contributed by atoms with van der Waals surface area (Å²) in [6.45, 7) is 6.11. The molecule has 3 rings (SSSR count). The average Bonchev–Trinajstić information content (AvgIpc) is 3.10. The highest BCUT2D eigenvalue weighted by Gasteiger charge is 2.10. The molecule has 0 saturated heterocycles. The van der Waals surface area contributed by atoms with Crippen molar-refractivity contribution >= 4 is 28.5 Å². The van der Waals surface area contributed by atoms with Crippen LogP contribution in [0.15, 0.2) is 42.5 Å². The zero-order valence-corrected chi connectivity index (χ0v) is 18.5. The van der Waals surface area contributed by atoms with Gasteiger partial charge in [-0.25, -0.2) is 4.98 Å². The van der Waals surface area contributed by atoms with Crippen molar-refractivity contribution in [3.8, 4) is 5.75 Å². The number of ether oxygens (including phenoxy) is 1. The van der Waals surface area contributed by atoms with E-state index >= 15 is 0 Å². The molecule has 2 aromatic carbocycles. The number of carbonyl (C=O) groups excluding carboxylic acids is 1. The lowest BCUT2D eigenvalue weighted by atomic mass is 10.2. The maximum Gasteiger partial charge on any atom is 0.219 e. The summed E-state index contributed by atoms with van der Waals surface area (Å²) in [5, 5.41) is 3.70. The van der Waals surface area contributed by atoms with E-state index in [1.807, 2.05) is 38.1 Å². The Bertz CT molecular complexity index is 984. The Morgan fingerprint density at radius 1 is 1.17 bits per heavy atom. The molecular weight excluding hydrogens is 398 g/mol. The minimum atomic E-state index is 0.0967. The van der Waals surface area contributed by atoms with Gasteiger partial charge in [0.25, 0.3) is 0 Å². The number of unbranched alkanes of at least 4 members (excludes halogenated alkanes) is 1. The summed E-state index contributed by atoms with van der Waals surface area (Å²) < 4.78 is 8.18. The SMILES string of the molecule is CCC(=O)NCCCc1nc2ccccc2n1CCCCOc1ccc(Cl)c(C)c1. The molecule has 0 radical (unpaired) electrons. The molecule has 1 N–H and O–H groups in total. The quantitative estimate of drug-likeness (QED) is 0.421. The van der Waals surface area contributed by atoms with Gasteiger partial charge in [-0.05, 0) is 62.1 Å². The Morgan fingerprint density at radius 3 is 2.80 bits per heavy atom. The predicted molar refractivity (Wildman–Crippen MR) is 122 cm³/mol. The Kier molecular flexibility index (Phi) is 8.14. The summed E-state index contributed by atoms with van der Waals surface area (Å²) >= 11 is 6.07. The van der Waals surface area contributed by atoms with Crippen LogP contribution < -0.4 is 10.1 Å². The number of rotatable bonds is 11. The van der Waals surface area contributed by atoms with Crippen molar-refractivity contribution in [2.75, 3.05) is 13.2 Å². The van der Waals surface area contributed by atoms with Crippen LogP contribution in [0.2, 0.25) is 5.02 Å². The van der Waals surface area contributed by atoms with Crippen LogP contribution in [0.5, 0.6) is 5.75 Å². The molecular formula is C24H30ClN3O2. The minimum Gasteiger partial charge on any atom is -0.494 e. The van der Waals surface area contributed by atoms with Crippen LogP contribution in [0, 0.1) is 6.92 Å². The molecule has 1 aromatic heterocycles. The first-order valence-electron chi connectivity index (χ1n) is 10.7. The molecule has 1 amide bonds. The summed E-state index contributed by atoms with van der Waals surface area (Å²) in [6.07, 6.45) is 4.22. The number of halogens is 1. The smallest absolute Gasteiger partial charge is 0.219 e. The van der Waals surface area contributed by atoms with Gasteiger partial charge in [-0.3, -0.25) is 4.79 Å². The third kappa shape index (κ3) is 5.99. The van der Waals surface area contributed by atoms with Crippen LogP contribution in [-0.2, 0) is 17.8 Å². The van der Waals surface area contributed by atoms with Gasteiger partial charge in [-0.1, -0.05) is 30.7 Å². The fraction of sp³-hybridized carbons (Fsp3) is 0.417. The number of para-hydroxylation sites is 2. The highest BCUT2D eigenvalue weighted by atomic mass is 35.5. The third-order valence-electron chi connectivity index (χ3n) is 5.13. The van der Waals surface area contributed by atoms with Crippen LogP contribution >= 0.6 is 11.6 Å². The number of benzene rings is 2. The lowest BCUT2D eigenvalue weighted by Gasteiger charge is -2.11. The molecule has 0 fully saturated rings. The molecule has 0 aliphatic carbocycles. The van der Waals surface area contributed by atoms with Gasteiger partial charge in [-0.2, -0.15) is 0 Å². The van der Waals surface area contributed by atoms with E-state index in [0.717, 1.165) is 59.9 Å². The topological polar surface area (TPSA) is 56.2 Å². The van der Waals surface area contributed by atoms with E-state index in [9.17, 15) is 4.79 Å². The fourth-order valence-electron chi connectivity index (χ4n) is 3.43. The minimum absolute atomic E-state index is 0.0967. The van der Waals surface area contributed by atoms with E-state index in [1.165, 1.54) is 5.52 Å². The second-order valence-electron chi connectivity index (χ2n) is 7.44. The molecule has 0 spiro atoms. The molecule has 0 aliphatic rings. The Hall–Kier alpha value is -2.53. The number of nitrogens with one attached hydrogen (secondary N) is 1. The average molecular weight is 428 g/mol. The van der Waals surface area contributed by atoms with Crippen molar-refractivity contribution in [2.24, 2.45) is 0 Å². The third-order valence-corrected chi connectivity index (χ3v) is 5.55. The normalized spacial score (nSPS) is 11.0. The number of aromatic nitrogens is 2. The molecule has 3 aromatic rings. The molecule has 1 heterocycles.